The molecular weight excluding hydrogens is 234 g/mol. The fraction of sp³-hybridized carbons (Fsp3) is 0.833. The van der Waals surface area contributed by atoms with Crippen molar-refractivity contribution in [2.75, 3.05) is 27.2 Å². The van der Waals surface area contributed by atoms with Crippen molar-refractivity contribution in [3.63, 3.8) is 0 Å². The lowest BCUT2D eigenvalue weighted by Crippen LogP contribution is -2.47. The minimum Gasteiger partial charge on any atom is -0.480 e. The number of aliphatic carboxylic acids is 1. The average Bonchev–Trinajstić information content (AvgIpc) is 3.06. The van der Waals surface area contributed by atoms with Crippen LogP contribution in [0.3, 0.4) is 0 Å². The van der Waals surface area contributed by atoms with E-state index < -0.39 is 5.97 Å². The Bertz CT molecular complexity index is 303. The van der Waals surface area contributed by atoms with Gasteiger partial charge in [-0.3, -0.25) is 4.79 Å². The first-order chi connectivity index (χ1) is 8.40. The summed E-state index contributed by atoms with van der Waals surface area (Å²) in [6, 6.07) is -0.0942. The summed E-state index contributed by atoms with van der Waals surface area (Å²) in [5.41, 5.74) is 0. The molecule has 1 fully saturated rings. The summed E-state index contributed by atoms with van der Waals surface area (Å²) in [5.74, 6) is -0.960. The molecular formula is C12H23N3O3. The molecule has 0 aliphatic heterocycles. The number of nitrogens with zero attached hydrogens (tertiary/aromatic N) is 2. The highest BCUT2D eigenvalue weighted by Crippen LogP contribution is 2.26. The molecule has 18 heavy (non-hydrogen) atoms. The van der Waals surface area contributed by atoms with Gasteiger partial charge in [0.1, 0.15) is 6.54 Å². The predicted molar refractivity (Wildman–Crippen MR) is 68.5 cm³/mol. The summed E-state index contributed by atoms with van der Waals surface area (Å²) in [4.78, 5) is 26.2. The number of rotatable bonds is 7. The Labute approximate surface area is 108 Å². The molecule has 0 aromatic rings. The number of hydrogen-bond acceptors (Lipinski definition) is 3. The molecule has 0 bridgehead atoms. The van der Waals surface area contributed by atoms with Gasteiger partial charge in [-0.2, -0.15) is 0 Å². The first-order valence-electron chi connectivity index (χ1n) is 6.33. The summed E-state index contributed by atoms with van der Waals surface area (Å²) >= 11 is 0. The van der Waals surface area contributed by atoms with Crippen LogP contribution < -0.4 is 5.32 Å². The zero-order chi connectivity index (χ0) is 13.7. The van der Waals surface area contributed by atoms with Crippen LogP contribution >= 0.6 is 0 Å². The molecule has 1 atom stereocenters. The van der Waals surface area contributed by atoms with Gasteiger partial charge in [-0.25, -0.2) is 4.79 Å². The molecule has 0 spiro atoms. The van der Waals surface area contributed by atoms with E-state index in [1.54, 1.807) is 0 Å². The van der Waals surface area contributed by atoms with Gasteiger partial charge in [0.15, 0.2) is 0 Å². The van der Waals surface area contributed by atoms with Crippen LogP contribution in [0, 0.1) is 0 Å². The lowest BCUT2D eigenvalue weighted by Gasteiger charge is -2.24. The third-order valence-electron chi connectivity index (χ3n) is 2.93. The van der Waals surface area contributed by atoms with Crippen molar-refractivity contribution < 1.29 is 14.7 Å². The van der Waals surface area contributed by atoms with Gasteiger partial charge in [0.05, 0.1) is 0 Å². The summed E-state index contributed by atoms with van der Waals surface area (Å²) < 4.78 is 0. The quantitative estimate of drug-likeness (QED) is 0.700. The van der Waals surface area contributed by atoms with Crippen LogP contribution in [0.15, 0.2) is 0 Å². The summed E-state index contributed by atoms with van der Waals surface area (Å²) in [6.45, 7) is 2.62. The third kappa shape index (κ3) is 5.35. The Morgan fingerprint density at radius 2 is 2.00 bits per heavy atom. The van der Waals surface area contributed by atoms with E-state index in [0.29, 0.717) is 0 Å². The smallest absolute Gasteiger partial charge is 0.323 e. The molecule has 6 heteroatoms. The summed E-state index contributed by atoms with van der Waals surface area (Å²) in [7, 11) is 3.96. The Morgan fingerprint density at radius 1 is 1.39 bits per heavy atom. The molecule has 1 unspecified atom stereocenters. The van der Waals surface area contributed by atoms with E-state index in [9.17, 15) is 9.59 Å². The predicted octanol–water partition coefficient (Wildman–Crippen LogP) is 0.585. The molecule has 1 saturated carbocycles. The fourth-order valence-corrected chi connectivity index (χ4v) is 1.72. The van der Waals surface area contributed by atoms with Gasteiger partial charge in [0.2, 0.25) is 0 Å². The van der Waals surface area contributed by atoms with Gasteiger partial charge in [-0.15, -0.1) is 0 Å². The SMILES string of the molecule is CC(CCN(C)C)NC(=O)N(CC(=O)O)C1CC1. The Hall–Kier alpha value is -1.30. The highest BCUT2D eigenvalue weighted by Gasteiger charge is 2.34. The van der Waals surface area contributed by atoms with Crippen molar-refractivity contribution in [3.05, 3.63) is 0 Å². The van der Waals surface area contributed by atoms with Crippen molar-refractivity contribution in [1.29, 1.82) is 0 Å². The number of hydrogen-bond donors (Lipinski definition) is 2. The molecule has 0 aromatic carbocycles. The third-order valence-corrected chi connectivity index (χ3v) is 2.93. The second-order valence-electron chi connectivity index (χ2n) is 5.20. The number of amides is 2. The van der Waals surface area contributed by atoms with Crippen LogP contribution in [-0.4, -0.2) is 66.2 Å². The number of urea groups is 1. The van der Waals surface area contributed by atoms with Crippen LogP contribution in [0.25, 0.3) is 0 Å². The van der Waals surface area contributed by atoms with Crippen molar-refractivity contribution in [1.82, 2.24) is 15.1 Å². The number of carbonyl (C=O) groups excluding carboxylic acids is 1. The van der Waals surface area contributed by atoms with E-state index in [2.05, 4.69) is 10.2 Å². The highest BCUT2D eigenvalue weighted by molar-refractivity contribution is 5.80. The first-order valence-corrected chi connectivity index (χ1v) is 6.33. The number of nitrogens with one attached hydrogen (secondary N) is 1. The van der Waals surface area contributed by atoms with Gasteiger partial charge in [-0.1, -0.05) is 0 Å². The molecule has 0 heterocycles. The largest absolute Gasteiger partial charge is 0.480 e. The molecule has 1 aliphatic rings. The van der Waals surface area contributed by atoms with E-state index in [4.69, 9.17) is 5.11 Å². The maximum absolute atomic E-state index is 12.0. The topological polar surface area (TPSA) is 72.9 Å². The second kappa shape index (κ2) is 6.58. The van der Waals surface area contributed by atoms with Gasteiger partial charge < -0.3 is 20.2 Å². The fourth-order valence-electron chi connectivity index (χ4n) is 1.72. The molecule has 0 saturated heterocycles. The van der Waals surface area contributed by atoms with Gasteiger partial charge in [0.25, 0.3) is 0 Å². The van der Waals surface area contributed by atoms with E-state index in [-0.39, 0.29) is 24.7 Å². The summed E-state index contributed by atoms with van der Waals surface area (Å²) in [5, 5.41) is 11.7. The molecule has 6 nitrogen and oxygen atoms in total. The zero-order valence-corrected chi connectivity index (χ0v) is 11.3. The number of carbonyl (C=O) groups is 2. The van der Waals surface area contributed by atoms with Crippen LogP contribution in [0.2, 0.25) is 0 Å². The standard InChI is InChI=1S/C12H23N3O3/c1-9(6-7-14(2)3)13-12(18)15(8-11(16)17)10-4-5-10/h9-10H,4-8H2,1-3H3,(H,13,18)(H,16,17). The monoisotopic (exact) mass is 257 g/mol. The Morgan fingerprint density at radius 3 is 2.44 bits per heavy atom. The molecule has 1 rings (SSSR count). The zero-order valence-electron chi connectivity index (χ0n) is 11.3. The first kappa shape index (κ1) is 14.8. The number of carboxylic acids is 1. The summed E-state index contributed by atoms with van der Waals surface area (Å²) in [6.07, 6.45) is 2.67. The lowest BCUT2D eigenvalue weighted by atomic mass is 10.2. The number of carboxylic acid groups (broad SMARTS) is 1. The molecule has 2 amide bonds. The van der Waals surface area contributed by atoms with Crippen LogP contribution in [0.5, 0.6) is 0 Å². The van der Waals surface area contributed by atoms with Crippen LogP contribution in [0.4, 0.5) is 4.79 Å². The van der Waals surface area contributed by atoms with Crippen LogP contribution in [-0.2, 0) is 4.79 Å². The van der Waals surface area contributed by atoms with Gasteiger partial charge in [0, 0.05) is 12.1 Å². The Balaban J connectivity index is 2.38. The lowest BCUT2D eigenvalue weighted by molar-refractivity contribution is -0.137. The van der Waals surface area contributed by atoms with Crippen molar-refractivity contribution in [2.45, 2.75) is 38.3 Å². The Kier molecular flexibility index (Phi) is 5.40. The van der Waals surface area contributed by atoms with E-state index >= 15 is 0 Å². The maximum Gasteiger partial charge on any atom is 0.323 e. The normalized spacial score (nSPS) is 16.4. The minimum atomic E-state index is -0.960. The van der Waals surface area contributed by atoms with E-state index in [1.807, 2.05) is 21.0 Å². The highest BCUT2D eigenvalue weighted by atomic mass is 16.4. The second-order valence-corrected chi connectivity index (χ2v) is 5.20. The van der Waals surface area contributed by atoms with Gasteiger partial charge in [-0.05, 0) is 46.8 Å². The molecule has 104 valence electrons. The molecule has 2 N–H and O–H groups in total. The molecule has 0 aromatic heterocycles. The van der Waals surface area contributed by atoms with Crippen molar-refractivity contribution in [3.8, 4) is 0 Å². The minimum absolute atomic E-state index is 0.0509. The van der Waals surface area contributed by atoms with E-state index in [1.165, 1.54) is 4.90 Å². The molecule has 1 aliphatic carbocycles. The van der Waals surface area contributed by atoms with Crippen molar-refractivity contribution in [2.24, 2.45) is 0 Å². The van der Waals surface area contributed by atoms with Crippen molar-refractivity contribution >= 4 is 12.0 Å². The molecule has 0 radical (unpaired) electrons. The maximum atomic E-state index is 12.0. The van der Waals surface area contributed by atoms with Gasteiger partial charge >= 0.3 is 12.0 Å². The van der Waals surface area contributed by atoms with E-state index in [0.717, 1.165) is 25.8 Å². The van der Waals surface area contributed by atoms with Crippen LogP contribution in [0.1, 0.15) is 26.2 Å². The average molecular weight is 257 g/mol.